The zero-order chi connectivity index (χ0) is 31.4. The fourth-order valence-electron chi connectivity index (χ4n) is 8.41. The van der Waals surface area contributed by atoms with Crippen LogP contribution < -0.4 is 0 Å². The van der Waals surface area contributed by atoms with Gasteiger partial charge in [0, 0.05) is 48.2 Å². The van der Waals surface area contributed by atoms with E-state index in [-0.39, 0.29) is 16.7 Å². The van der Waals surface area contributed by atoms with Gasteiger partial charge in [-0.2, -0.15) is 10.5 Å². The van der Waals surface area contributed by atoms with Crippen molar-refractivity contribution in [3.63, 3.8) is 0 Å². The minimum Gasteiger partial charge on any atom is -0.309 e. The van der Waals surface area contributed by atoms with Crippen molar-refractivity contribution in [1.29, 1.82) is 10.5 Å². The van der Waals surface area contributed by atoms with Gasteiger partial charge in [0.25, 0.3) is 0 Å². The third-order valence-corrected chi connectivity index (χ3v) is 12.3. The van der Waals surface area contributed by atoms with Gasteiger partial charge in [0.1, 0.15) is 0 Å². The van der Waals surface area contributed by atoms with Crippen LogP contribution in [0.15, 0.2) is 109 Å². The minimum atomic E-state index is -0.0499. The molecule has 218 valence electrons. The first-order chi connectivity index (χ1) is 22.4. The summed E-state index contributed by atoms with van der Waals surface area (Å²) in [5.74, 6) is 0.265. The fourth-order valence-corrected chi connectivity index (χ4v) is 9.98. The van der Waals surface area contributed by atoms with Crippen molar-refractivity contribution < 1.29 is 0 Å². The van der Waals surface area contributed by atoms with Crippen LogP contribution in [0.4, 0.5) is 0 Å². The van der Waals surface area contributed by atoms with Gasteiger partial charge < -0.3 is 4.57 Å². The molecule has 0 radical (unpaired) electrons. The first-order valence-electron chi connectivity index (χ1n) is 15.7. The number of fused-ring (bicyclic) bond motifs is 10. The van der Waals surface area contributed by atoms with E-state index in [1.54, 1.807) is 0 Å². The van der Waals surface area contributed by atoms with Crippen LogP contribution in [0, 0.1) is 28.1 Å². The zero-order valence-electron chi connectivity index (χ0n) is 25.8. The van der Waals surface area contributed by atoms with E-state index >= 15 is 0 Å². The van der Waals surface area contributed by atoms with E-state index in [9.17, 15) is 10.5 Å². The molecule has 2 heterocycles. The largest absolute Gasteiger partial charge is 0.309 e. The molecule has 3 nitrogen and oxygen atoms in total. The molecular formula is C42H29N3S. The van der Waals surface area contributed by atoms with Crippen molar-refractivity contribution in [2.45, 2.75) is 32.1 Å². The highest BCUT2D eigenvalue weighted by Crippen LogP contribution is 2.65. The molecule has 9 rings (SSSR count). The Kier molecular flexibility index (Phi) is 5.45. The van der Waals surface area contributed by atoms with Gasteiger partial charge in [0.05, 0.1) is 40.0 Å². The molecule has 0 bridgehead atoms. The summed E-state index contributed by atoms with van der Waals surface area (Å²) in [6.07, 6.45) is 4.82. The summed E-state index contributed by atoms with van der Waals surface area (Å²) in [6, 6.07) is 40.6. The van der Waals surface area contributed by atoms with Crippen molar-refractivity contribution in [3.05, 3.63) is 142 Å². The standard InChI is InChI=1S/C42H29N3S/c1-41(2)33-15-6-4-12-30(33)38-40-29(20-21-42(38,41)3)28-13-9-14-31(39(28)46-40)37-26(24-44)10-8-17-36(37)45-34-16-7-5-11-27(34)32-22-25(23-43)18-19-35(32)45/h4-22,38H,1-3H3. The number of para-hydroxylation sites is 1. The van der Waals surface area contributed by atoms with Crippen molar-refractivity contribution in [2.75, 3.05) is 0 Å². The van der Waals surface area contributed by atoms with Gasteiger partial charge in [0.15, 0.2) is 0 Å². The monoisotopic (exact) mass is 607 g/mol. The lowest BCUT2D eigenvalue weighted by molar-refractivity contribution is 0.244. The third-order valence-electron chi connectivity index (χ3n) is 11.0. The second-order valence-electron chi connectivity index (χ2n) is 13.3. The van der Waals surface area contributed by atoms with Gasteiger partial charge in [-0.05, 0) is 58.5 Å². The Morgan fingerprint density at radius 2 is 1.50 bits per heavy atom. The Balaban J connectivity index is 1.35. The highest BCUT2D eigenvalue weighted by atomic mass is 32.1. The Morgan fingerprint density at radius 3 is 2.35 bits per heavy atom. The molecule has 46 heavy (non-hydrogen) atoms. The highest BCUT2D eigenvalue weighted by molar-refractivity contribution is 7.20. The van der Waals surface area contributed by atoms with Gasteiger partial charge in [-0.1, -0.05) is 99.7 Å². The molecule has 2 aliphatic rings. The van der Waals surface area contributed by atoms with Gasteiger partial charge in [-0.3, -0.25) is 0 Å². The quantitative estimate of drug-likeness (QED) is 0.196. The maximum absolute atomic E-state index is 10.6. The second-order valence-corrected chi connectivity index (χ2v) is 14.4. The van der Waals surface area contributed by atoms with E-state index in [1.807, 2.05) is 47.7 Å². The van der Waals surface area contributed by atoms with Crippen LogP contribution in [0.3, 0.4) is 0 Å². The van der Waals surface area contributed by atoms with Crippen molar-refractivity contribution in [2.24, 2.45) is 5.41 Å². The van der Waals surface area contributed by atoms with Crippen LogP contribution in [-0.4, -0.2) is 4.57 Å². The number of allylic oxidation sites excluding steroid dienone is 1. The van der Waals surface area contributed by atoms with E-state index in [2.05, 4.69) is 116 Å². The SMILES string of the molecule is CC1(C)c2ccccc2C2c3sc4c(-c5c(C#N)cccc5-n5c6ccccc6c6cc(C#N)ccc65)cccc4c3C=CC21C. The number of aromatic nitrogens is 1. The predicted octanol–water partition coefficient (Wildman–Crippen LogP) is 10.9. The average Bonchev–Trinajstić information content (AvgIpc) is 3.68. The normalized spacial score (nSPS) is 19.1. The lowest BCUT2D eigenvalue weighted by atomic mass is 9.61. The van der Waals surface area contributed by atoms with Crippen molar-refractivity contribution >= 4 is 49.3 Å². The van der Waals surface area contributed by atoms with Crippen molar-refractivity contribution in [3.8, 4) is 29.0 Å². The molecule has 4 heteroatoms. The van der Waals surface area contributed by atoms with E-state index in [1.165, 1.54) is 31.7 Å². The number of thiophene rings is 1. The summed E-state index contributed by atoms with van der Waals surface area (Å²) in [4.78, 5) is 1.40. The molecule has 7 aromatic rings. The van der Waals surface area contributed by atoms with Crippen LogP contribution in [0.5, 0.6) is 0 Å². The summed E-state index contributed by atoms with van der Waals surface area (Å²) < 4.78 is 3.47. The molecule has 5 aromatic carbocycles. The number of nitrogens with zero attached hydrogens (tertiary/aromatic N) is 3. The van der Waals surface area contributed by atoms with Gasteiger partial charge in [0.2, 0.25) is 0 Å². The molecular weight excluding hydrogens is 579 g/mol. The molecule has 2 atom stereocenters. The van der Waals surface area contributed by atoms with Gasteiger partial charge in [-0.25, -0.2) is 0 Å². The smallest absolute Gasteiger partial charge is 0.0998 e. The molecule has 0 N–H and O–H groups in total. The maximum Gasteiger partial charge on any atom is 0.0998 e. The first-order valence-corrected chi connectivity index (χ1v) is 16.5. The number of hydrogen-bond acceptors (Lipinski definition) is 3. The Labute approximate surface area is 271 Å². The van der Waals surface area contributed by atoms with E-state index in [0.29, 0.717) is 11.1 Å². The average molecular weight is 608 g/mol. The first kappa shape index (κ1) is 26.9. The molecule has 0 spiro atoms. The predicted molar refractivity (Wildman–Crippen MR) is 189 cm³/mol. The highest BCUT2D eigenvalue weighted by Gasteiger charge is 2.56. The summed E-state index contributed by atoms with van der Waals surface area (Å²) in [6.45, 7) is 7.20. The van der Waals surface area contributed by atoms with Crippen LogP contribution in [-0.2, 0) is 5.41 Å². The molecule has 2 aromatic heterocycles. The van der Waals surface area contributed by atoms with Crippen LogP contribution in [0.25, 0.3) is 54.8 Å². The van der Waals surface area contributed by atoms with E-state index < -0.39 is 0 Å². The van der Waals surface area contributed by atoms with Crippen LogP contribution in [0.2, 0.25) is 0 Å². The maximum atomic E-state index is 10.6. The van der Waals surface area contributed by atoms with E-state index in [0.717, 1.165) is 38.6 Å². The van der Waals surface area contributed by atoms with Gasteiger partial charge >= 0.3 is 0 Å². The number of rotatable bonds is 2. The number of benzene rings is 5. The Hall–Kier alpha value is -5.42. The third kappa shape index (κ3) is 3.30. The Bertz CT molecular complexity index is 2560. The lowest BCUT2D eigenvalue weighted by Gasteiger charge is -2.42. The minimum absolute atomic E-state index is 0.00994. The Morgan fingerprint density at radius 1 is 0.739 bits per heavy atom. The molecule has 2 unspecified atom stereocenters. The summed E-state index contributed by atoms with van der Waals surface area (Å²) in [5, 5.41) is 23.6. The molecule has 0 saturated carbocycles. The number of hydrogen-bond donors (Lipinski definition) is 0. The van der Waals surface area contributed by atoms with E-state index in [4.69, 9.17) is 0 Å². The summed E-state index contributed by atoms with van der Waals surface area (Å²) in [5.41, 5.74) is 10.4. The van der Waals surface area contributed by atoms with Gasteiger partial charge in [-0.15, -0.1) is 11.3 Å². The molecule has 0 fully saturated rings. The molecule has 2 aliphatic carbocycles. The van der Waals surface area contributed by atoms with Crippen LogP contribution in [0.1, 0.15) is 59.4 Å². The number of nitriles is 2. The zero-order valence-corrected chi connectivity index (χ0v) is 26.6. The summed E-state index contributed by atoms with van der Waals surface area (Å²) >= 11 is 1.89. The molecule has 0 aliphatic heterocycles. The molecule has 0 saturated heterocycles. The summed E-state index contributed by atoms with van der Waals surface area (Å²) in [7, 11) is 0. The lowest BCUT2D eigenvalue weighted by Crippen LogP contribution is -2.37. The second kappa shape index (κ2) is 9.30. The topological polar surface area (TPSA) is 52.5 Å². The molecule has 0 amide bonds. The van der Waals surface area contributed by atoms with Crippen molar-refractivity contribution in [1.82, 2.24) is 4.57 Å². The fraction of sp³-hybridized carbons (Fsp3) is 0.143. The van der Waals surface area contributed by atoms with Crippen LogP contribution >= 0.6 is 11.3 Å².